The number of benzene rings is 1. The van der Waals surface area contributed by atoms with E-state index in [4.69, 9.17) is 4.74 Å². The number of fused-ring (bicyclic) bond motifs is 1. The van der Waals surface area contributed by atoms with E-state index in [9.17, 15) is 18.0 Å². The van der Waals surface area contributed by atoms with Gasteiger partial charge in [0.05, 0.1) is 29.3 Å². The summed E-state index contributed by atoms with van der Waals surface area (Å²) in [7, 11) is -3.16. The van der Waals surface area contributed by atoms with Crippen LogP contribution in [0.1, 0.15) is 19.3 Å². The van der Waals surface area contributed by atoms with E-state index in [1.807, 2.05) is 36.4 Å². The van der Waals surface area contributed by atoms with Gasteiger partial charge in [-0.05, 0) is 30.9 Å². The number of rotatable bonds is 6. The first-order valence-corrected chi connectivity index (χ1v) is 13.7. The Morgan fingerprint density at radius 2 is 2.06 bits per heavy atom. The van der Waals surface area contributed by atoms with E-state index in [2.05, 4.69) is 4.98 Å². The molecule has 8 nitrogen and oxygen atoms in total. The van der Waals surface area contributed by atoms with Crippen molar-refractivity contribution in [2.75, 3.05) is 24.7 Å². The van der Waals surface area contributed by atoms with Crippen molar-refractivity contribution >= 4 is 37.3 Å². The number of hydrogen-bond acceptors (Lipinski definition) is 7. The fourth-order valence-corrected chi connectivity index (χ4v) is 7.26. The predicted molar refractivity (Wildman–Crippen MR) is 127 cm³/mol. The van der Waals surface area contributed by atoms with Gasteiger partial charge in [0.15, 0.2) is 9.84 Å². The topological polar surface area (TPSA) is 98.6 Å². The van der Waals surface area contributed by atoms with Crippen LogP contribution in [-0.4, -0.2) is 65.6 Å². The molecule has 0 spiro atoms. The van der Waals surface area contributed by atoms with E-state index in [1.54, 1.807) is 4.90 Å². The Hall–Kier alpha value is -2.56. The maximum absolute atomic E-state index is 13.3. The minimum atomic E-state index is -3.16. The quantitative estimate of drug-likeness (QED) is 0.529. The summed E-state index contributed by atoms with van der Waals surface area (Å²) in [6.07, 6.45) is 3.49. The van der Waals surface area contributed by atoms with Crippen molar-refractivity contribution in [1.82, 2.24) is 14.5 Å². The van der Waals surface area contributed by atoms with Gasteiger partial charge in [0, 0.05) is 24.1 Å². The standard InChI is InChI=1S/C23H25N3O5S2/c27-21(26(12-18-7-4-9-31-18)17-8-10-33(29,30)14-17)13-25-15-24-22-19(23(25)28)11-20(32-22)16-5-2-1-3-6-16/h1-3,5-6,11,15,17-18H,4,7-10,12-14H2/t17-,18+/m1/s1. The largest absolute Gasteiger partial charge is 0.376 e. The molecule has 0 N–H and O–H groups in total. The predicted octanol–water partition coefficient (Wildman–Crippen LogP) is 2.32. The van der Waals surface area contributed by atoms with Crippen LogP contribution < -0.4 is 5.56 Å². The fourth-order valence-electron chi connectivity index (χ4n) is 4.54. The molecule has 3 aromatic rings. The summed E-state index contributed by atoms with van der Waals surface area (Å²) in [4.78, 5) is 34.0. The van der Waals surface area contributed by atoms with Gasteiger partial charge in [0.25, 0.3) is 5.56 Å². The second-order valence-corrected chi connectivity index (χ2v) is 11.9. The second kappa shape index (κ2) is 9.00. The lowest BCUT2D eigenvalue weighted by atomic mass is 10.1. The van der Waals surface area contributed by atoms with E-state index < -0.39 is 9.84 Å². The van der Waals surface area contributed by atoms with Gasteiger partial charge < -0.3 is 9.64 Å². The Morgan fingerprint density at radius 3 is 2.76 bits per heavy atom. The molecule has 2 aromatic heterocycles. The van der Waals surface area contributed by atoms with Gasteiger partial charge in [-0.15, -0.1) is 11.3 Å². The van der Waals surface area contributed by atoms with Gasteiger partial charge in [-0.1, -0.05) is 30.3 Å². The maximum Gasteiger partial charge on any atom is 0.262 e. The van der Waals surface area contributed by atoms with E-state index in [1.165, 1.54) is 22.2 Å². The number of aromatic nitrogens is 2. The number of thiophene rings is 1. The number of nitrogens with zero attached hydrogens (tertiary/aromatic N) is 3. The molecule has 174 valence electrons. The first-order valence-electron chi connectivity index (χ1n) is 11.1. The molecule has 33 heavy (non-hydrogen) atoms. The Morgan fingerprint density at radius 1 is 1.24 bits per heavy atom. The Balaban J connectivity index is 1.41. The minimum Gasteiger partial charge on any atom is -0.376 e. The lowest BCUT2D eigenvalue weighted by molar-refractivity contribution is -0.135. The van der Waals surface area contributed by atoms with Crippen LogP contribution in [0.15, 0.2) is 47.5 Å². The van der Waals surface area contributed by atoms with Gasteiger partial charge in [0.1, 0.15) is 11.4 Å². The average Bonchev–Trinajstić information content (AvgIpc) is 3.54. The van der Waals surface area contributed by atoms with Crippen molar-refractivity contribution in [1.29, 1.82) is 0 Å². The van der Waals surface area contributed by atoms with Crippen molar-refractivity contribution in [3.63, 3.8) is 0 Å². The van der Waals surface area contributed by atoms with Gasteiger partial charge in [-0.2, -0.15) is 0 Å². The van der Waals surface area contributed by atoms with Crippen LogP contribution in [0.5, 0.6) is 0 Å². The number of hydrogen-bond donors (Lipinski definition) is 0. The van der Waals surface area contributed by atoms with E-state index in [0.717, 1.165) is 23.3 Å². The molecule has 10 heteroatoms. The Bertz CT molecular complexity index is 1330. The Kier molecular flexibility index (Phi) is 6.07. The third-order valence-electron chi connectivity index (χ3n) is 6.28. The molecular weight excluding hydrogens is 462 g/mol. The number of ether oxygens (including phenoxy) is 1. The van der Waals surface area contributed by atoms with Crippen molar-refractivity contribution in [3.8, 4) is 10.4 Å². The molecule has 2 atom stereocenters. The summed E-state index contributed by atoms with van der Waals surface area (Å²) in [5.41, 5.74) is 0.732. The van der Waals surface area contributed by atoms with Gasteiger partial charge >= 0.3 is 0 Å². The highest BCUT2D eigenvalue weighted by Gasteiger charge is 2.36. The first-order chi connectivity index (χ1) is 15.9. The molecule has 0 bridgehead atoms. The lowest BCUT2D eigenvalue weighted by Gasteiger charge is -2.30. The van der Waals surface area contributed by atoms with E-state index >= 15 is 0 Å². The summed E-state index contributed by atoms with van der Waals surface area (Å²) >= 11 is 1.44. The third-order valence-corrected chi connectivity index (χ3v) is 9.12. The molecule has 0 radical (unpaired) electrons. The fraction of sp³-hybridized carbons (Fsp3) is 0.435. The molecule has 1 amide bonds. The summed E-state index contributed by atoms with van der Waals surface area (Å²) < 4.78 is 31.1. The SMILES string of the molecule is O=C(Cn1cnc2sc(-c3ccccc3)cc2c1=O)N(C[C@@H]1CCCO1)[C@@H]1CCS(=O)(=O)C1. The highest BCUT2D eigenvalue weighted by molar-refractivity contribution is 7.91. The normalized spacial score (nSPS) is 22.1. The number of carbonyl (C=O) groups excluding carboxylic acids is 1. The zero-order chi connectivity index (χ0) is 23.0. The van der Waals surface area contributed by atoms with Crippen LogP contribution in [0.25, 0.3) is 20.7 Å². The summed E-state index contributed by atoms with van der Waals surface area (Å²) in [5, 5.41) is 0.475. The highest BCUT2D eigenvalue weighted by atomic mass is 32.2. The maximum atomic E-state index is 13.3. The first kappa shape index (κ1) is 22.2. The van der Waals surface area contributed by atoms with Crippen molar-refractivity contribution < 1.29 is 17.9 Å². The molecule has 2 aliphatic rings. The molecule has 5 rings (SSSR count). The average molecular weight is 488 g/mol. The molecule has 0 aliphatic carbocycles. The van der Waals surface area contributed by atoms with Gasteiger partial charge in [-0.3, -0.25) is 14.2 Å². The summed E-state index contributed by atoms with van der Waals surface area (Å²) in [6.45, 7) is 0.819. The molecule has 2 saturated heterocycles. The van der Waals surface area contributed by atoms with Crippen molar-refractivity contribution in [2.24, 2.45) is 0 Å². The monoisotopic (exact) mass is 487 g/mol. The lowest BCUT2D eigenvalue weighted by Crippen LogP contribution is -2.47. The van der Waals surface area contributed by atoms with Crippen LogP contribution >= 0.6 is 11.3 Å². The van der Waals surface area contributed by atoms with Crippen molar-refractivity contribution in [3.05, 3.63) is 53.1 Å². The third kappa shape index (κ3) is 4.73. The number of amides is 1. The van der Waals surface area contributed by atoms with Crippen LogP contribution in [0.4, 0.5) is 0 Å². The van der Waals surface area contributed by atoms with E-state index in [-0.39, 0.29) is 41.7 Å². The molecule has 2 fully saturated rings. The van der Waals surface area contributed by atoms with E-state index in [0.29, 0.717) is 29.8 Å². The summed E-state index contributed by atoms with van der Waals surface area (Å²) in [6, 6.07) is 11.2. The highest BCUT2D eigenvalue weighted by Crippen LogP contribution is 2.30. The van der Waals surface area contributed by atoms with Crippen molar-refractivity contribution in [2.45, 2.75) is 38.0 Å². The molecule has 4 heterocycles. The molecule has 0 unspecified atom stereocenters. The van der Waals surface area contributed by atoms with Crippen LogP contribution in [0, 0.1) is 0 Å². The second-order valence-electron chi connectivity index (χ2n) is 8.61. The number of carbonyl (C=O) groups is 1. The Labute approximate surface area is 195 Å². The minimum absolute atomic E-state index is 0.0391. The smallest absolute Gasteiger partial charge is 0.262 e. The molecular formula is C23H25N3O5S2. The van der Waals surface area contributed by atoms with Crippen LogP contribution in [0.2, 0.25) is 0 Å². The molecule has 2 aliphatic heterocycles. The summed E-state index contributed by atoms with van der Waals surface area (Å²) in [5.74, 6) is -0.241. The zero-order valence-corrected chi connectivity index (χ0v) is 19.7. The van der Waals surface area contributed by atoms with Gasteiger partial charge in [-0.25, -0.2) is 13.4 Å². The molecule has 1 aromatic carbocycles. The van der Waals surface area contributed by atoms with Gasteiger partial charge in [0.2, 0.25) is 5.91 Å². The molecule has 0 saturated carbocycles. The zero-order valence-electron chi connectivity index (χ0n) is 18.1. The van der Waals surface area contributed by atoms with Crippen LogP contribution in [-0.2, 0) is 25.9 Å². The van der Waals surface area contributed by atoms with Crippen LogP contribution in [0.3, 0.4) is 0 Å². The number of sulfone groups is 1.